The summed E-state index contributed by atoms with van der Waals surface area (Å²) in [6, 6.07) is -0.730. The Morgan fingerprint density at radius 2 is 1.96 bits per heavy atom. The van der Waals surface area contributed by atoms with Crippen LogP contribution in [0.3, 0.4) is 0 Å². The molecule has 0 aromatic carbocycles. The molecule has 248 valence electrons. The lowest BCUT2D eigenvalue weighted by Crippen LogP contribution is -2.39. The van der Waals surface area contributed by atoms with Crippen molar-refractivity contribution in [3.05, 3.63) is 29.3 Å². The van der Waals surface area contributed by atoms with Crippen molar-refractivity contribution >= 4 is 61.9 Å². The highest BCUT2D eigenvalue weighted by atomic mass is 32.2. The molecular weight excluding hydrogens is 670 g/mol. The second-order valence-corrected chi connectivity index (χ2v) is 15.2. The quantitative estimate of drug-likeness (QED) is 0.180. The molecule has 0 amide bonds. The van der Waals surface area contributed by atoms with Crippen LogP contribution in [0.4, 0.5) is 11.8 Å². The number of aliphatic hydroxyl groups is 1. The summed E-state index contributed by atoms with van der Waals surface area (Å²) in [7, 11) is -6.75. The largest absolute Gasteiger partial charge is 0.472 e. The van der Waals surface area contributed by atoms with Crippen LogP contribution in [0.1, 0.15) is 24.8 Å². The monoisotopic (exact) mass is 700 g/mol. The first kappa shape index (κ1) is 31.6. The van der Waals surface area contributed by atoms with Gasteiger partial charge in [-0.3, -0.25) is 28.0 Å². The van der Waals surface area contributed by atoms with Crippen LogP contribution in [0.15, 0.2) is 23.8 Å². The van der Waals surface area contributed by atoms with E-state index in [2.05, 4.69) is 29.9 Å². The number of ether oxygens (including phenoxy) is 1. The number of aromatic nitrogens is 8. The number of hydrogen-bond donors (Lipinski definition) is 5. The molecule has 2 aliphatic heterocycles. The zero-order valence-electron chi connectivity index (χ0n) is 24.2. The molecule has 23 heteroatoms. The minimum absolute atomic E-state index is 0.00774. The van der Waals surface area contributed by atoms with E-state index in [1.807, 2.05) is 0 Å². The smallest absolute Gasteiger partial charge is 0.388 e. The Kier molecular flexibility index (Phi) is 7.99. The normalized spacial score (nSPS) is 37.1. The molecule has 7 rings (SSSR count). The Bertz CT molecular complexity index is 1940. The zero-order chi connectivity index (χ0) is 32.5. The fourth-order valence-electron chi connectivity index (χ4n) is 6.35. The van der Waals surface area contributed by atoms with Gasteiger partial charge in [0.2, 0.25) is 5.95 Å². The fourth-order valence-corrected chi connectivity index (χ4v) is 10.2. The first-order chi connectivity index (χ1) is 21.9. The molecule has 2 unspecified atom stereocenters. The van der Waals surface area contributed by atoms with Gasteiger partial charge in [-0.25, -0.2) is 24.5 Å². The summed E-state index contributed by atoms with van der Waals surface area (Å²) < 4.78 is 58.5. The summed E-state index contributed by atoms with van der Waals surface area (Å²) in [6.07, 6.45) is -0.346. The van der Waals surface area contributed by atoms with E-state index < -0.39 is 74.7 Å². The third-order valence-electron chi connectivity index (χ3n) is 8.49. The van der Waals surface area contributed by atoms with Crippen LogP contribution in [-0.2, 0) is 32.0 Å². The van der Waals surface area contributed by atoms with E-state index in [0.717, 1.165) is 0 Å². The van der Waals surface area contributed by atoms with Crippen LogP contribution < -0.4 is 17.0 Å². The second-order valence-electron chi connectivity index (χ2n) is 11.5. The maximum absolute atomic E-state index is 13.6. The van der Waals surface area contributed by atoms with Gasteiger partial charge in [0.1, 0.15) is 41.6 Å². The molecule has 4 aromatic rings. The SMILES string of the molecule is CO[C@H]1[C@H]2OP(=O)(O)OC[C@@]3(C)C[C@@H](n4cnc5c(N)ncnc54)[C@H](O)[C@@H]3O[PH](=O)OC[C@H]1S[C@H]2n1cnc2c(=O)[nH]c(N)nc21. The Labute approximate surface area is 263 Å². The van der Waals surface area contributed by atoms with Crippen molar-refractivity contribution < 1.29 is 42.0 Å². The molecule has 1 saturated carbocycles. The molecule has 3 fully saturated rings. The maximum Gasteiger partial charge on any atom is 0.472 e. The van der Waals surface area contributed by atoms with Gasteiger partial charge in [-0.05, 0) is 6.42 Å². The molecule has 0 radical (unpaired) electrons. The lowest BCUT2D eigenvalue weighted by molar-refractivity contribution is -0.0357. The number of methoxy groups -OCH3 is 1. The molecule has 7 N–H and O–H groups in total. The van der Waals surface area contributed by atoms with E-state index in [1.165, 1.54) is 42.4 Å². The van der Waals surface area contributed by atoms with Gasteiger partial charge < -0.3 is 39.8 Å². The highest BCUT2D eigenvalue weighted by molar-refractivity contribution is 8.00. The number of anilines is 2. The molecule has 0 spiro atoms. The summed E-state index contributed by atoms with van der Waals surface area (Å²) in [5.41, 5.74) is 10.7. The predicted molar refractivity (Wildman–Crippen MR) is 162 cm³/mol. The molecule has 2 bridgehead atoms. The first-order valence-corrected chi connectivity index (χ1v) is 17.6. The van der Waals surface area contributed by atoms with Crippen molar-refractivity contribution in [1.82, 2.24) is 39.0 Å². The van der Waals surface area contributed by atoms with Gasteiger partial charge in [0.05, 0.1) is 37.2 Å². The fraction of sp³-hybridized carbons (Fsp3) is 0.565. The Morgan fingerprint density at radius 1 is 1.20 bits per heavy atom. The van der Waals surface area contributed by atoms with Gasteiger partial charge in [0, 0.05) is 12.5 Å². The number of thioether (sulfide) groups is 1. The number of nitrogens with zero attached hydrogens (tertiary/aromatic N) is 7. The molecule has 10 atom stereocenters. The van der Waals surface area contributed by atoms with E-state index in [0.29, 0.717) is 11.2 Å². The first-order valence-electron chi connectivity index (χ1n) is 13.9. The second kappa shape index (κ2) is 11.6. The maximum atomic E-state index is 13.6. The van der Waals surface area contributed by atoms with Gasteiger partial charge in [-0.2, -0.15) is 4.98 Å². The zero-order valence-corrected chi connectivity index (χ0v) is 26.9. The molecule has 46 heavy (non-hydrogen) atoms. The summed E-state index contributed by atoms with van der Waals surface area (Å²) in [4.78, 5) is 46.6. The van der Waals surface area contributed by atoms with Gasteiger partial charge in [0.25, 0.3) is 5.56 Å². The van der Waals surface area contributed by atoms with Crippen molar-refractivity contribution in [3.63, 3.8) is 0 Å². The van der Waals surface area contributed by atoms with E-state index in [4.69, 9.17) is 34.3 Å². The van der Waals surface area contributed by atoms with Crippen molar-refractivity contribution in [2.24, 2.45) is 5.41 Å². The number of rotatable bonds is 3. The van der Waals surface area contributed by atoms with Crippen LogP contribution in [0, 0.1) is 5.41 Å². The number of fused-ring (bicyclic) bond motifs is 5. The molecular formula is C23H30N10O10P2S. The molecule has 4 aromatic heterocycles. The van der Waals surface area contributed by atoms with Crippen LogP contribution in [-0.4, -0.2) is 99.0 Å². The van der Waals surface area contributed by atoms with Crippen LogP contribution in [0.5, 0.6) is 0 Å². The number of nitrogen functional groups attached to an aromatic ring is 2. The van der Waals surface area contributed by atoms with Gasteiger partial charge in [-0.15, -0.1) is 11.8 Å². The minimum atomic E-state index is -4.86. The number of aromatic amines is 1. The van der Waals surface area contributed by atoms with E-state index in [-0.39, 0.29) is 36.0 Å². The van der Waals surface area contributed by atoms with Crippen molar-refractivity contribution in [2.75, 3.05) is 31.8 Å². The summed E-state index contributed by atoms with van der Waals surface area (Å²) in [5.74, 6) is -0.00674. The molecule has 1 aliphatic carbocycles. The highest BCUT2D eigenvalue weighted by Crippen LogP contribution is 2.57. The third kappa shape index (κ3) is 5.33. The average molecular weight is 701 g/mol. The Hall–Kier alpha value is -2.97. The van der Waals surface area contributed by atoms with E-state index >= 15 is 0 Å². The number of nitrogens with one attached hydrogen (secondary N) is 1. The van der Waals surface area contributed by atoms with Crippen LogP contribution in [0.2, 0.25) is 0 Å². The number of phosphoric ester groups is 1. The van der Waals surface area contributed by atoms with Crippen molar-refractivity contribution in [2.45, 2.75) is 54.4 Å². The standard InChI is InChI=1S/C23H30N10O10P2S/c1-23-3-9(32-7-28-11-17(24)26-6-27-18(11)32)13(34)16(23)42-44(36)40-4-10-14(39-2)15(43-45(37,38)41-5-23)21(46-10)33-8-29-12-19(33)30-22(25)31-20(12)35/h6-10,13-16,21,34,44H,3-5H2,1-2H3,(H,37,38)(H2,24,26,27)(H3,25,30,31,35)/t9-,10-,13+,14-,15-,16+,21-,23-/m1/s1. The number of nitrogens with two attached hydrogens (primary N) is 2. The third-order valence-corrected chi connectivity index (χ3v) is 11.8. The number of imidazole rings is 2. The van der Waals surface area contributed by atoms with E-state index in [1.54, 1.807) is 11.5 Å². The molecule has 3 aliphatic rings. The van der Waals surface area contributed by atoms with E-state index in [9.17, 15) is 23.9 Å². The van der Waals surface area contributed by atoms with Gasteiger partial charge in [-0.1, -0.05) is 6.92 Å². The average Bonchev–Trinajstić information content (AvgIpc) is 3.75. The topological polar surface area (TPSA) is 280 Å². The summed E-state index contributed by atoms with van der Waals surface area (Å²) in [6.45, 7) is 1.01. The van der Waals surface area contributed by atoms with Crippen molar-refractivity contribution in [1.29, 1.82) is 0 Å². The van der Waals surface area contributed by atoms with Crippen molar-refractivity contribution in [3.8, 4) is 0 Å². The summed E-state index contributed by atoms with van der Waals surface area (Å²) >= 11 is 1.19. The van der Waals surface area contributed by atoms with Crippen LogP contribution in [0.25, 0.3) is 22.3 Å². The molecule has 20 nitrogen and oxygen atoms in total. The molecule has 2 saturated heterocycles. The molecule has 6 heterocycles. The minimum Gasteiger partial charge on any atom is -0.388 e. The Balaban J connectivity index is 1.22. The van der Waals surface area contributed by atoms with Crippen LogP contribution >= 0.6 is 27.8 Å². The predicted octanol–water partition coefficient (Wildman–Crippen LogP) is 0.372. The summed E-state index contributed by atoms with van der Waals surface area (Å²) in [5, 5.41) is 10.0. The van der Waals surface area contributed by atoms with Gasteiger partial charge >= 0.3 is 16.1 Å². The number of aliphatic hydroxyl groups excluding tert-OH is 1. The highest BCUT2D eigenvalue weighted by Gasteiger charge is 2.56. The Morgan fingerprint density at radius 3 is 2.74 bits per heavy atom. The number of phosphoric acid groups is 1. The lowest BCUT2D eigenvalue weighted by atomic mass is 9.87. The lowest BCUT2D eigenvalue weighted by Gasteiger charge is -2.32. The number of H-pyrrole nitrogens is 1. The number of hydrogen-bond acceptors (Lipinski definition) is 17. The van der Waals surface area contributed by atoms with Gasteiger partial charge in [0.15, 0.2) is 22.6 Å².